The van der Waals surface area contributed by atoms with Gasteiger partial charge in [-0.2, -0.15) is 0 Å². The SMILES string of the molecule is CCCCN(C)C(=O)c1cccc(OC)c1O. The second kappa shape index (κ2) is 6.13. The molecule has 94 valence electrons. The normalized spacial score (nSPS) is 10.1. The Balaban J connectivity index is 2.88. The molecule has 0 unspecified atom stereocenters. The topological polar surface area (TPSA) is 49.8 Å². The molecule has 0 saturated heterocycles. The molecule has 0 atom stereocenters. The number of hydrogen-bond donors (Lipinski definition) is 1. The molecular formula is C13H19NO3. The van der Waals surface area contributed by atoms with E-state index < -0.39 is 0 Å². The standard InChI is InChI=1S/C13H19NO3/c1-4-5-9-14(2)13(16)10-7-6-8-11(17-3)12(10)15/h6-8,15H,4-5,9H2,1-3H3. The van der Waals surface area contributed by atoms with Crippen LogP contribution in [0.4, 0.5) is 0 Å². The van der Waals surface area contributed by atoms with Crippen LogP contribution in [0.5, 0.6) is 11.5 Å². The van der Waals surface area contributed by atoms with Crippen LogP contribution in [0, 0.1) is 0 Å². The van der Waals surface area contributed by atoms with Gasteiger partial charge in [-0.3, -0.25) is 4.79 Å². The van der Waals surface area contributed by atoms with Crippen molar-refractivity contribution in [2.75, 3.05) is 20.7 Å². The van der Waals surface area contributed by atoms with Crippen molar-refractivity contribution in [1.29, 1.82) is 0 Å². The summed E-state index contributed by atoms with van der Waals surface area (Å²) in [5.41, 5.74) is 0.281. The van der Waals surface area contributed by atoms with E-state index in [4.69, 9.17) is 4.74 Å². The number of benzene rings is 1. The molecule has 0 aliphatic carbocycles. The van der Waals surface area contributed by atoms with E-state index in [-0.39, 0.29) is 17.2 Å². The molecule has 0 spiro atoms. The molecule has 0 fully saturated rings. The van der Waals surface area contributed by atoms with Crippen LogP contribution in [0.2, 0.25) is 0 Å². The molecule has 1 amide bonds. The summed E-state index contributed by atoms with van der Waals surface area (Å²) >= 11 is 0. The number of phenols is 1. The molecule has 4 nitrogen and oxygen atoms in total. The summed E-state index contributed by atoms with van der Waals surface area (Å²) in [5, 5.41) is 9.86. The third-order valence-corrected chi connectivity index (χ3v) is 2.64. The molecule has 0 aromatic heterocycles. The Morgan fingerprint density at radius 1 is 1.47 bits per heavy atom. The Morgan fingerprint density at radius 2 is 2.18 bits per heavy atom. The summed E-state index contributed by atoms with van der Waals surface area (Å²) in [5.74, 6) is 0.0398. The molecule has 17 heavy (non-hydrogen) atoms. The van der Waals surface area contributed by atoms with E-state index in [9.17, 15) is 9.90 Å². The van der Waals surface area contributed by atoms with E-state index >= 15 is 0 Å². The minimum Gasteiger partial charge on any atom is -0.504 e. The number of unbranched alkanes of at least 4 members (excludes halogenated alkanes) is 1. The van der Waals surface area contributed by atoms with Crippen molar-refractivity contribution in [3.8, 4) is 11.5 Å². The van der Waals surface area contributed by atoms with Gasteiger partial charge in [0.25, 0.3) is 5.91 Å². The lowest BCUT2D eigenvalue weighted by molar-refractivity contribution is 0.0789. The molecule has 0 heterocycles. The van der Waals surface area contributed by atoms with Gasteiger partial charge in [-0.15, -0.1) is 0 Å². The molecule has 1 aromatic rings. The summed E-state index contributed by atoms with van der Waals surface area (Å²) in [6, 6.07) is 4.92. The number of nitrogens with zero attached hydrogens (tertiary/aromatic N) is 1. The molecule has 4 heteroatoms. The van der Waals surface area contributed by atoms with Crippen molar-refractivity contribution in [3.05, 3.63) is 23.8 Å². The highest BCUT2D eigenvalue weighted by Crippen LogP contribution is 2.29. The maximum Gasteiger partial charge on any atom is 0.257 e. The maximum absolute atomic E-state index is 12.0. The number of ether oxygens (including phenoxy) is 1. The average molecular weight is 237 g/mol. The first-order valence-electron chi connectivity index (χ1n) is 5.73. The number of carbonyl (C=O) groups is 1. The van der Waals surface area contributed by atoms with E-state index in [1.54, 1.807) is 30.1 Å². The first-order valence-corrected chi connectivity index (χ1v) is 5.73. The van der Waals surface area contributed by atoms with Gasteiger partial charge in [-0.25, -0.2) is 0 Å². The quantitative estimate of drug-likeness (QED) is 0.854. The highest BCUT2D eigenvalue weighted by atomic mass is 16.5. The second-order valence-electron chi connectivity index (χ2n) is 3.94. The Labute approximate surface area is 102 Å². The Morgan fingerprint density at radius 3 is 2.76 bits per heavy atom. The first kappa shape index (κ1) is 13.4. The second-order valence-corrected chi connectivity index (χ2v) is 3.94. The minimum absolute atomic E-state index is 0.0941. The van der Waals surface area contributed by atoms with Gasteiger partial charge < -0.3 is 14.7 Å². The van der Waals surface area contributed by atoms with Gasteiger partial charge in [0.15, 0.2) is 11.5 Å². The third-order valence-electron chi connectivity index (χ3n) is 2.64. The zero-order valence-electron chi connectivity index (χ0n) is 10.6. The molecule has 0 saturated carbocycles. The van der Waals surface area contributed by atoms with Gasteiger partial charge >= 0.3 is 0 Å². The van der Waals surface area contributed by atoms with Crippen LogP contribution in [-0.2, 0) is 0 Å². The van der Waals surface area contributed by atoms with Crippen molar-refractivity contribution in [3.63, 3.8) is 0 Å². The summed E-state index contributed by atoms with van der Waals surface area (Å²) in [6.45, 7) is 2.76. The summed E-state index contributed by atoms with van der Waals surface area (Å²) in [4.78, 5) is 13.7. The lowest BCUT2D eigenvalue weighted by Crippen LogP contribution is -2.27. The highest BCUT2D eigenvalue weighted by Gasteiger charge is 2.17. The van der Waals surface area contributed by atoms with Crippen LogP contribution in [0.15, 0.2) is 18.2 Å². The molecule has 1 N–H and O–H groups in total. The van der Waals surface area contributed by atoms with Crippen molar-refractivity contribution >= 4 is 5.91 Å². The van der Waals surface area contributed by atoms with Crippen LogP contribution in [-0.4, -0.2) is 36.6 Å². The monoisotopic (exact) mass is 237 g/mol. The van der Waals surface area contributed by atoms with E-state index in [0.29, 0.717) is 12.3 Å². The fourth-order valence-electron chi connectivity index (χ4n) is 1.56. The van der Waals surface area contributed by atoms with Crippen LogP contribution in [0.25, 0.3) is 0 Å². The van der Waals surface area contributed by atoms with Gasteiger partial charge in [0.2, 0.25) is 0 Å². The van der Waals surface area contributed by atoms with Gasteiger partial charge in [0.05, 0.1) is 12.7 Å². The van der Waals surface area contributed by atoms with Gasteiger partial charge in [-0.05, 0) is 18.6 Å². The number of methoxy groups -OCH3 is 1. The molecular weight excluding hydrogens is 218 g/mol. The Kier molecular flexibility index (Phi) is 4.82. The van der Waals surface area contributed by atoms with Crippen molar-refractivity contribution in [2.45, 2.75) is 19.8 Å². The van der Waals surface area contributed by atoms with Crippen molar-refractivity contribution in [2.24, 2.45) is 0 Å². The van der Waals surface area contributed by atoms with E-state index in [1.165, 1.54) is 7.11 Å². The van der Waals surface area contributed by atoms with Gasteiger partial charge in [0, 0.05) is 13.6 Å². The molecule has 1 aromatic carbocycles. The summed E-state index contributed by atoms with van der Waals surface area (Å²) in [7, 11) is 3.20. The minimum atomic E-state index is -0.185. The van der Waals surface area contributed by atoms with Crippen molar-refractivity contribution < 1.29 is 14.6 Å². The van der Waals surface area contributed by atoms with E-state index in [0.717, 1.165) is 12.8 Å². The Bertz CT molecular complexity index is 390. The van der Waals surface area contributed by atoms with Crippen LogP contribution in [0.1, 0.15) is 30.1 Å². The van der Waals surface area contributed by atoms with E-state index in [2.05, 4.69) is 6.92 Å². The average Bonchev–Trinajstić information content (AvgIpc) is 2.35. The van der Waals surface area contributed by atoms with Crippen LogP contribution >= 0.6 is 0 Å². The van der Waals surface area contributed by atoms with E-state index in [1.807, 2.05) is 0 Å². The van der Waals surface area contributed by atoms with Gasteiger partial charge in [-0.1, -0.05) is 19.4 Å². The molecule has 1 rings (SSSR count). The number of carbonyl (C=O) groups excluding carboxylic acids is 1. The largest absolute Gasteiger partial charge is 0.504 e. The number of rotatable bonds is 5. The predicted molar refractivity (Wildman–Crippen MR) is 66.5 cm³/mol. The Hall–Kier alpha value is -1.71. The smallest absolute Gasteiger partial charge is 0.257 e. The number of hydrogen-bond acceptors (Lipinski definition) is 3. The maximum atomic E-state index is 12.0. The van der Waals surface area contributed by atoms with Crippen molar-refractivity contribution in [1.82, 2.24) is 4.90 Å². The fourth-order valence-corrected chi connectivity index (χ4v) is 1.56. The number of phenolic OH excluding ortho intramolecular Hbond substituents is 1. The zero-order valence-corrected chi connectivity index (χ0v) is 10.6. The number of aromatic hydroxyl groups is 1. The first-order chi connectivity index (χ1) is 8.11. The third kappa shape index (κ3) is 3.12. The zero-order chi connectivity index (χ0) is 12.8. The highest BCUT2D eigenvalue weighted by molar-refractivity contribution is 5.97. The lowest BCUT2D eigenvalue weighted by Gasteiger charge is -2.18. The number of para-hydroxylation sites is 1. The van der Waals surface area contributed by atoms with Crippen LogP contribution < -0.4 is 4.74 Å². The number of amides is 1. The fraction of sp³-hybridized carbons (Fsp3) is 0.462. The molecule has 0 radical (unpaired) electrons. The molecule has 0 aliphatic heterocycles. The lowest BCUT2D eigenvalue weighted by atomic mass is 10.1. The molecule has 0 bridgehead atoms. The van der Waals surface area contributed by atoms with Gasteiger partial charge in [0.1, 0.15) is 0 Å². The summed E-state index contributed by atoms with van der Waals surface area (Å²) in [6.07, 6.45) is 1.98. The molecule has 0 aliphatic rings. The summed E-state index contributed by atoms with van der Waals surface area (Å²) < 4.78 is 4.98. The predicted octanol–water partition coefficient (Wildman–Crippen LogP) is 2.27. The van der Waals surface area contributed by atoms with Crippen LogP contribution in [0.3, 0.4) is 0 Å².